The fraction of sp³-hybridized carbons (Fsp3) is 0.200. The largest absolute Gasteiger partial charge is 0.380 e. The molecule has 0 heterocycles. The van der Waals surface area contributed by atoms with E-state index in [1.54, 1.807) is 6.07 Å². The Morgan fingerprint density at radius 3 is 2.81 bits per heavy atom. The second kappa shape index (κ2) is 6.09. The minimum Gasteiger partial charge on any atom is -0.380 e. The third-order valence-corrected chi connectivity index (χ3v) is 2.19. The molecule has 1 aromatic carbocycles. The van der Waals surface area contributed by atoms with Crippen LogP contribution in [0.2, 0.25) is 5.02 Å². The molecule has 0 aromatic heterocycles. The minimum atomic E-state index is -0.482. The van der Waals surface area contributed by atoms with E-state index in [0.717, 1.165) is 0 Å². The summed E-state index contributed by atoms with van der Waals surface area (Å²) < 4.78 is 0. The van der Waals surface area contributed by atoms with Crippen LogP contribution in [0.15, 0.2) is 30.4 Å². The Morgan fingerprint density at radius 1 is 1.50 bits per heavy atom. The molecule has 0 fully saturated rings. The van der Waals surface area contributed by atoms with E-state index in [1.807, 2.05) is 12.2 Å². The van der Waals surface area contributed by atoms with Crippen LogP contribution in [-0.4, -0.2) is 18.0 Å². The summed E-state index contributed by atoms with van der Waals surface area (Å²) in [6.07, 6.45) is 3.67. The third kappa shape index (κ3) is 3.52. The highest BCUT2D eigenvalue weighted by Gasteiger charge is 2.08. The zero-order valence-electron chi connectivity index (χ0n) is 8.52. The third-order valence-electron chi connectivity index (χ3n) is 1.88. The fourth-order valence-electron chi connectivity index (χ4n) is 1.11. The molecule has 6 heteroatoms. The summed E-state index contributed by atoms with van der Waals surface area (Å²) in [6, 6.07) is 4.30. The Kier molecular flexibility index (Phi) is 4.75. The first kappa shape index (κ1) is 12.5. The summed E-state index contributed by atoms with van der Waals surface area (Å²) in [5, 5.41) is 13.8. The van der Waals surface area contributed by atoms with E-state index in [-0.39, 0.29) is 5.69 Å². The molecule has 3 N–H and O–H groups in total. The first-order chi connectivity index (χ1) is 7.65. The number of benzene rings is 1. The molecule has 5 nitrogen and oxygen atoms in total. The highest BCUT2D eigenvalue weighted by Crippen LogP contribution is 2.26. The van der Waals surface area contributed by atoms with Gasteiger partial charge in [-0.2, -0.15) is 0 Å². The monoisotopic (exact) mass is 241 g/mol. The van der Waals surface area contributed by atoms with Crippen molar-refractivity contribution >= 4 is 23.0 Å². The number of nitro groups is 1. The van der Waals surface area contributed by atoms with E-state index in [2.05, 4.69) is 5.32 Å². The molecule has 0 spiro atoms. The molecule has 0 aliphatic carbocycles. The molecule has 0 amide bonds. The summed E-state index contributed by atoms with van der Waals surface area (Å²) in [5.74, 6) is 0. The lowest BCUT2D eigenvalue weighted by molar-refractivity contribution is -0.384. The van der Waals surface area contributed by atoms with Crippen LogP contribution in [-0.2, 0) is 0 Å². The summed E-state index contributed by atoms with van der Waals surface area (Å²) in [6.45, 7) is 1.06. The number of rotatable bonds is 5. The second-order valence-electron chi connectivity index (χ2n) is 3.01. The number of nitro benzene ring substituents is 1. The molecule has 0 saturated heterocycles. The van der Waals surface area contributed by atoms with Gasteiger partial charge in [0, 0.05) is 25.2 Å². The first-order valence-electron chi connectivity index (χ1n) is 4.68. The topological polar surface area (TPSA) is 81.2 Å². The number of halogens is 1. The normalized spacial score (nSPS) is 10.6. The predicted octanol–water partition coefficient (Wildman–Crippen LogP) is 2.17. The van der Waals surface area contributed by atoms with Crippen molar-refractivity contribution in [2.75, 3.05) is 18.4 Å². The van der Waals surface area contributed by atoms with Crippen LogP contribution in [0, 0.1) is 10.1 Å². The van der Waals surface area contributed by atoms with Crippen molar-refractivity contribution in [3.63, 3.8) is 0 Å². The molecule has 0 bridgehead atoms. The van der Waals surface area contributed by atoms with Gasteiger partial charge in [0.1, 0.15) is 0 Å². The van der Waals surface area contributed by atoms with Crippen molar-refractivity contribution < 1.29 is 4.92 Å². The molecular weight excluding hydrogens is 230 g/mol. The van der Waals surface area contributed by atoms with Crippen molar-refractivity contribution in [3.05, 3.63) is 45.5 Å². The molecule has 1 rings (SSSR count). The summed E-state index contributed by atoms with van der Waals surface area (Å²) in [7, 11) is 0. The van der Waals surface area contributed by atoms with Crippen LogP contribution in [0.3, 0.4) is 0 Å². The van der Waals surface area contributed by atoms with Gasteiger partial charge in [0.05, 0.1) is 15.6 Å². The second-order valence-corrected chi connectivity index (χ2v) is 3.42. The van der Waals surface area contributed by atoms with Crippen LogP contribution in [0.25, 0.3) is 0 Å². The number of hydrogen-bond acceptors (Lipinski definition) is 4. The lowest BCUT2D eigenvalue weighted by atomic mass is 10.3. The molecule has 86 valence electrons. The molecule has 0 aliphatic heterocycles. The number of hydrogen-bond donors (Lipinski definition) is 2. The zero-order chi connectivity index (χ0) is 12.0. The molecule has 0 atom stereocenters. The lowest BCUT2D eigenvalue weighted by Gasteiger charge is -2.05. The number of anilines is 1. The Balaban J connectivity index is 2.68. The molecular formula is C10H12ClN3O2. The van der Waals surface area contributed by atoms with E-state index in [0.29, 0.717) is 23.8 Å². The molecule has 0 saturated carbocycles. The van der Waals surface area contributed by atoms with Crippen LogP contribution in [0.4, 0.5) is 11.4 Å². The van der Waals surface area contributed by atoms with Crippen LogP contribution in [0.1, 0.15) is 0 Å². The Hall–Kier alpha value is -1.59. The maximum atomic E-state index is 10.5. The van der Waals surface area contributed by atoms with Crippen molar-refractivity contribution in [1.29, 1.82) is 0 Å². The predicted molar refractivity (Wildman–Crippen MR) is 64.8 cm³/mol. The first-order valence-corrected chi connectivity index (χ1v) is 5.06. The van der Waals surface area contributed by atoms with Crippen molar-refractivity contribution in [3.8, 4) is 0 Å². The number of non-ortho nitro benzene ring substituents is 1. The molecule has 0 aliphatic rings. The molecule has 0 unspecified atom stereocenters. The Labute approximate surface area is 98.0 Å². The van der Waals surface area contributed by atoms with Gasteiger partial charge in [-0.3, -0.25) is 10.1 Å². The smallest absolute Gasteiger partial charge is 0.271 e. The van der Waals surface area contributed by atoms with Gasteiger partial charge >= 0.3 is 0 Å². The van der Waals surface area contributed by atoms with Gasteiger partial charge in [-0.05, 0) is 6.07 Å². The van der Waals surface area contributed by atoms with Crippen LogP contribution >= 0.6 is 11.6 Å². The van der Waals surface area contributed by atoms with Gasteiger partial charge in [-0.1, -0.05) is 23.8 Å². The van der Waals surface area contributed by atoms with Gasteiger partial charge in [0.15, 0.2) is 0 Å². The van der Waals surface area contributed by atoms with Crippen LogP contribution in [0.5, 0.6) is 0 Å². The van der Waals surface area contributed by atoms with Crippen LogP contribution < -0.4 is 11.1 Å². The van der Waals surface area contributed by atoms with Gasteiger partial charge in [0.25, 0.3) is 5.69 Å². The summed E-state index contributed by atoms with van der Waals surface area (Å²) in [4.78, 5) is 9.98. The Bertz CT molecular complexity index is 407. The minimum absolute atomic E-state index is 0.0203. The molecule has 1 aromatic rings. The fourth-order valence-corrected chi connectivity index (χ4v) is 1.35. The molecule has 16 heavy (non-hydrogen) atoms. The van der Waals surface area contributed by atoms with E-state index >= 15 is 0 Å². The van der Waals surface area contributed by atoms with E-state index in [4.69, 9.17) is 17.3 Å². The average molecular weight is 242 g/mol. The van der Waals surface area contributed by atoms with Gasteiger partial charge in [-0.15, -0.1) is 0 Å². The zero-order valence-corrected chi connectivity index (χ0v) is 9.28. The Morgan fingerprint density at radius 2 is 2.25 bits per heavy atom. The van der Waals surface area contributed by atoms with Gasteiger partial charge < -0.3 is 11.1 Å². The average Bonchev–Trinajstić information content (AvgIpc) is 2.26. The van der Waals surface area contributed by atoms with E-state index in [9.17, 15) is 10.1 Å². The molecule has 0 radical (unpaired) electrons. The maximum Gasteiger partial charge on any atom is 0.271 e. The SMILES string of the molecule is NC/C=C/CNc1ccc([N+](=O)[O-])cc1Cl. The van der Waals surface area contributed by atoms with Crippen molar-refractivity contribution in [2.45, 2.75) is 0 Å². The van der Waals surface area contributed by atoms with Gasteiger partial charge in [0.2, 0.25) is 0 Å². The number of nitrogens with two attached hydrogens (primary N) is 1. The summed E-state index contributed by atoms with van der Waals surface area (Å²) in [5.41, 5.74) is 5.92. The van der Waals surface area contributed by atoms with E-state index < -0.39 is 4.92 Å². The van der Waals surface area contributed by atoms with E-state index in [1.165, 1.54) is 12.1 Å². The maximum absolute atomic E-state index is 10.5. The number of nitrogens with one attached hydrogen (secondary N) is 1. The van der Waals surface area contributed by atoms with Gasteiger partial charge in [-0.25, -0.2) is 0 Å². The quantitative estimate of drug-likeness (QED) is 0.470. The standard InChI is InChI=1S/C10H12ClN3O2/c11-9-7-8(14(15)16)3-4-10(9)13-6-2-1-5-12/h1-4,7,13H,5-6,12H2/b2-1+. The highest BCUT2D eigenvalue weighted by molar-refractivity contribution is 6.33. The highest BCUT2D eigenvalue weighted by atomic mass is 35.5. The lowest BCUT2D eigenvalue weighted by Crippen LogP contribution is -2.01. The number of nitrogens with zero attached hydrogens (tertiary/aromatic N) is 1. The van der Waals surface area contributed by atoms with Crippen molar-refractivity contribution in [2.24, 2.45) is 5.73 Å². The van der Waals surface area contributed by atoms with Crippen molar-refractivity contribution in [1.82, 2.24) is 0 Å². The summed E-state index contributed by atoms with van der Waals surface area (Å²) >= 11 is 5.87.